The van der Waals surface area contributed by atoms with Gasteiger partial charge in [0.25, 0.3) is 0 Å². The average molecular weight is 409 g/mol. The van der Waals surface area contributed by atoms with Crippen LogP contribution < -0.4 is 5.32 Å². The summed E-state index contributed by atoms with van der Waals surface area (Å²) in [6, 6.07) is 10.9. The van der Waals surface area contributed by atoms with Crippen molar-refractivity contribution in [2.75, 3.05) is 13.1 Å². The second-order valence-electron chi connectivity index (χ2n) is 8.59. The van der Waals surface area contributed by atoms with E-state index in [1.807, 2.05) is 18.3 Å². The summed E-state index contributed by atoms with van der Waals surface area (Å²) < 4.78 is 14.6. The fourth-order valence-corrected chi connectivity index (χ4v) is 4.72. The highest BCUT2D eigenvalue weighted by atomic mass is 19.1. The molecule has 6 heteroatoms. The van der Waals surface area contributed by atoms with Crippen molar-refractivity contribution in [3.63, 3.8) is 0 Å². The van der Waals surface area contributed by atoms with Crippen LogP contribution >= 0.6 is 0 Å². The molecular weight excluding hydrogens is 379 g/mol. The monoisotopic (exact) mass is 408 g/mol. The molecule has 1 aliphatic rings. The van der Waals surface area contributed by atoms with Crippen molar-refractivity contribution in [1.82, 2.24) is 20.2 Å². The number of hydrogen-bond donors (Lipinski definition) is 2. The van der Waals surface area contributed by atoms with E-state index in [0.29, 0.717) is 24.3 Å². The lowest BCUT2D eigenvalue weighted by Gasteiger charge is -2.43. The van der Waals surface area contributed by atoms with Crippen molar-refractivity contribution in [3.8, 4) is 0 Å². The van der Waals surface area contributed by atoms with Crippen LogP contribution in [0.15, 0.2) is 42.6 Å². The minimum Gasteiger partial charge on any atom is -0.347 e. The molecule has 0 unspecified atom stereocenters. The summed E-state index contributed by atoms with van der Waals surface area (Å²) >= 11 is 0. The summed E-state index contributed by atoms with van der Waals surface area (Å²) in [6.07, 6.45) is 3.15. The SMILES string of the molecule is CC(=O)NC1(c2ccccc2F)CCN(Cc2c(C(C)C)[nH]c3ncccc23)CC1. The molecule has 0 atom stereocenters. The zero-order valence-corrected chi connectivity index (χ0v) is 17.8. The number of carbonyl (C=O) groups excluding carboxylic acids is 1. The van der Waals surface area contributed by atoms with E-state index in [4.69, 9.17) is 0 Å². The number of aromatic amines is 1. The third kappa shape index (κ3) is 3.84. The lowest BCUT2D eigenvalue weighted by atomic mass is 9.80. The molecule has 2 aromatic heterocycles. The van der Waals surface area contributed by atoms with Gasteiger partial charge in [-0.3, -0.25) is 9.69 Å². The zero-order valence-electron chi connectivity index (χ0n) is 17.8. The van der Waals surface area contributed by atoms with Gasteiger partial charge in [0.05, 0.1) is 5.54 Å². The second-order valence-corrected chi connectivity index (χ2v) is 8.59. The van der Waals surface area contributed by atoms with Crippen molar-refractivity contribution < 1.29 is 9.18 Å². The number of H-pyrrole nitrogens is 1. The summed E-state index contributed by atoms with van der Waals surface area (Å²) in [5.74, 6) is -0.0168. The number of piperidine rings is 1. The number of pyridine rings is 1. The molecule has 5 nitrogen and oxygen atoms in total. The Morgan fingerprint density at radius 3 is 2.63 bits per heavy atom. The van der Waals surface area contributed by atoms with Crippen molar-refractivity contribution >= 4 is 16.9 Å². The topological polar surface area (TPSA) is 61.0 Å². The number of hydrogen-bond acceptors (Lipinski definition) is 3. The van der Waals surface area contributed by atoms with Gasteiger partial charge in [-0.1, -0.05) is 32.0 Å². The van der Waals surface area contributed by atoms with Crippen LogP contribution in [0.25, 0.3) is 11.0 Å². The van der Waals surface area contributed by atoms with Gasteiger partial charge in [0, 0.05) is 49.4 Å². The van der Waals surface area contributed by atoms with Gasteiger partial charge in [-0.25, -0.2) is 9.37 Å². The Kier molecular flexibility index (Phi) is 5.60. The van der Waals surface area contributed by atoms with Crippen LogP contribution in [0, 0.1) is 5.82 Å². The molecule has 158 valence electrons. The molecule has 0 aliphatic carbocycles. The number of aromatic nitrogens is 2. The van der Waals surface area contributed by atoms with E-state index in [2.05, 4.69) is 40.1 Å². The molecule has 0 spiro atoms. The summed E-state index contributed by atoms with van der Waals surface area (Å²) in [5, 5.41) is 4.23. The Morgan fingerprint density at radius 2 is 1.97 bits per heavy atom. The zero-order chi connectivity index (χ0) is 21.3. The third-order valence-electron chi connectivity index (χ3n) is 6.18. The minimum absolute atomic E-state index is 0.128. The first kappa shape index (κ1) is 20.5. The highest BCUT2D eigenvalue weighted by Gasteiger charge is 2.39. The largest absolute Gasteiger partial charge is 0.347 e. The summed E-state index contributed by atoms with van der Waals surface area (Å²) in [5.41, 5.74) is 3.35. The maximum atomic E-state index is 14.6. The number of carbonyl (C=O) groups is 1. The quantitative estimate of drug-likeness (QED) is 0.656. The molecule has 3 aromatic rings. The standard InChI is InChI=1S/C24H29FN4O/c1-16(2)22-19(18-7-6-12-26-23(18)27-22)15-29-13-10-24(11-14-29,28-17(3)30)20-8-4-5-9-21(20)25/h4-9,12,16H,10-11,13-15H2,1-3H3,(H,26,27)(H,28,30). The summed E-state index contributed by atoms with van der Waals surface area (Å²) in [7, 11) is 0. The molecular formula is C24H29FN4O. The second kappa shape index (κ2) is 8.19. The maximum Gasteiger partial charge on any atom is 0.217 e. The van der Waals surface area contributed by atoms with Gasteiger partial charge in [-0.15, -0.1) is 0 Å². The molecule has 30 heavy (non-hydrogen) atoms. The lowest BCUT2D eigenvalue weighted by Crippen LogP contribution is -2.52. The lowest BCUT2D eigenvalue weighted by molar-refractivity contribution is -0.121. The van der Waals surface area contributed by atoms with Gasteiger partial charge in [0.1, 0.15) is 11.5 Å². The Labute approximate surface area is 176 Å². The van der Waals surface area contributed by atoms with E-state index in [0.717, 1.165) is 30.7 Å². The van der Waals surface area contributed by atoms with Gasteiger partial charge >= 0.3 is 0 Å². The Hall–Kier alpha value is -2.73. The predicted molar refractivity (Wildman–Crippen MR) is 117 cm³/mol. The molecule has 1 saturated heterocycles. The third-order valence-corrected chi connectivity index (χ3v) is 6.18. The van der Waals surface area contributed by atoms with Crippen molar-refractivity contribution in [2.24, 2.45) is 0 Å². The number of halogens is 1. The van der Waals surface area contributed by atoms with Gasteiger partial charge in [-0.2, -0.15) is 0 Å². The predicted octanol–water partition coefficient (Wildman–Crippen LogP) is 4.45. The molecule has 1 aromatic carbocycles. The molecule has 0 saturated carbocycles. The first-order valence-electron chi connectivity index (χ1n) is 10.6. The van der Waals surface area contributed by atoms with Crippen LogP contribution in [-0.2, 0) is 16.9 Å². The fourth-order valence-electron chi connectivity index (χ4n) is 4.72. The molecule has 0 bridgehead atoms. The number of amides is 1. The van der Waals surface area contributed by atoms with Crippen molar-refractivity contribution in [3.05, 3.63) is 65.2 Å². The first-order chi connectivity index (χ1) is 14.4. The Balaban J connectivity index is 1.58. The first-order valence-corrected chi connectivity index (χ1v) is 10.6. The molecule has 0 radical (unpaired) electrons. The molecule has 1 amide bonds. The van der Waals surface area contributed by atoms with Gasteiger partial charge < -0.3 is 10.3 Å². The average Bonchev–Trinajstić information content (AvgIpc) is 3.08. The molecule has 1 aliphatic heterocycles. The Bertz CT molecular complexity index is 1050. The summed E-state index contributed by atoms with van der Waals surface area (Å²) in [6.45, 7) is 8.24. The maximum absolute atomic E-state index is 14.6. The molecule has 1 fully saturated rings. The number of benzene rings is 1. The number of fused-ring (bicyclic) bond motifs is 1. The Morgan fingerprint density at radius 1 is 1.23 bits per heavy atom. The van der Waals surface area contributed by atoms with Crippen molar-refractivity contribution in [1.29, 1.82) is 0 Å². The highest BCUT2D eigenvalue weighted by molar-refractivity contribution is 5.81. The summed E-state index contributed by atoms with van der Waals surface area (Å²) in [4.78, 5) is 22.3. The smallest absolute Gasteiger partial charge is 0.217 e. The normalized spacial score (nSPS) is 16.8. The molecule has 3 heterocycles. The van der Waals surface area contributed by atoms with E-state index in [-0.39, 0.29) is 11.7 Å². The fraction of sp³-hybridized carbons (Fsp3) is 0.417. The minimum atomic E-state index is -0.656. The highest BCUT2D eigenvalue weighted by Crippen LogP contribution is 2.36. The van der Waals surface area contributed by atoms with Gasteiger partial charge in [0.15, 0.2) is 0 Å². The van der Waals surface area contributed by atoms with Crippen LogP contribution in [0.3, 0.4) is 0 Å². The van der Waals surface area contributed by atoms with E-state index in [9.17, 15) is 9.18 Å². The number of nitrogens with one attached hydrogen (secondary N) is 2. The van der Waals surface area contributed by atoms with Gasteiger partial charge in [0.2, 0.25) is 5.91 Å². The van der Waals surface area contributed by atoms with E-state index in [1.54, 1.807) is 12.1 Å². The van der Waals surface area contributed by atoms with Crippen LogP contribution in [0.4, 0.5) is 4.39 Å². The van der Waals surface area contributed by atoms with Crippen molar-refractivity contribution in [2.45, 2.75) is 51.6 Å². The molecule has 4 rings (SSSR count). The van der Waals surface area contributed by atoms with Crippen LogP contribution in [-0.4, -0.2) is 33.9 Å². The number of rotatable bonds is 5. The van der Waals surface area contributed by atoms with E-state index >= 15 is 0 Å². The van der Waals surface area contributed by atoms with Crippen LogP contribution in [0.2, 0.25) is 0 Å². The van der Waals surface area contributed by atoms with Crippen LogP contribution in [0.5, 0.6) is 0 Å². The molecule has 2 N–H and O–H groups in total. The number of nitrogens with zero attached hydrogens (tertiary/aromatic N) is 2. The van der Waals surface area contributed by atoms with E-state index < -0.39 is 5.54 Å². The van der Waals surface area contributed by atoms with Crippen LogP contribution in [0.1, 0.15) is 56.4 Å². The van der Waals surface area contributed by atoms with E-state index in [1.165, 1.54) is 24.2 Å². The number of likely N-dealkylation sites (tertiary alicyclic amines) is 1. The van der Waals surface area contributed by atoms with Gasteiger partial charge in [-0.05, 0) is 42.5 Å².